The third-order valence-electron chi connectivity index (χ3n) is 6.90. The number of aromatic nitrogens is 3. The zero-order chi connectivity index (χ0) is 30.5. The minimum absolute atomic E-state index is 0.167. The number of hydrogen-bond acceptors (Lipinski definition) is 8. The molecule has 0 bridgehead atoms. The minimum atomic E-state index is -1.58. The summed E-state index contributed by atoms with van der Waals surface area (Å²) in [6, 6.07) is 19.0. The van der Waals surface area contributed by atoms with Gasteiger partial charge in [0.2, 0.25) is 5.91 Å². The number of rotatable bonds is 10. The maximum atomic E-state index is 12.4. The molecule has 0 saturated carbocycles. The van der Waals surface area contributed by atoms with Gasteiger partial charge >= 0.3 is 7.12 Å². The molecule has 2 amide bonds. The number of aliphatic imine (C=N–C) groups is 1. The highest BCUT2D eigenvalue weighted by molar-refractivity contribution is 6.58. The second-order valence-corrected chi connectivity index (χ2v) is 10.3. The van der Waals surface area contributed by atoms with Crippen LogP contribution in [0.15, 0.2) is 71.7 Å². The number of benzene rings is 3. The molecule has 43 heavy (non-hydrogen) atoms. The number of aryl methyl sites for hydroxylation is 1. The number of halogens is 1. The van der Waals surface area contributed by atoms with Gasteiger partial charge in [0, 0.05) is 34.7 Å². The summed E-state index contributed by atoms with van der Waals surface area (Å²) < 4.78 is 7.95. The molecule has 3 aromatic carbocycles. The van der Waals surface area contributed by atoms with E-state index in [0.29, 0.717) is 65.2 Å². The third-order valence-corrected chi connectivity index (χ3v) is 7.15. The van der Waals surface area contributed by atoms with Crippen LogP contribution < -0.4 is 20.8 Å². The molecule has 0 unspecified atom stereocenters. The zero-order valence-electron chi connectivity index (χ0n) is 23.6. The molecule has 2 heterocycles. The van der Waals surface area contributed by atoms with Crippen molar-refractivity contribution in [1.82, 2.24) is 25.4 Å². The van der Waals surface area contributed by atoms with Crippen LogP contribution in [-0.2, 0) is 4.79 Å². The minimum Gasteiger partial charge on any atom is -0.494 e. The lowest BCUT2D eigenvalue weighted by molar-refractivity contribution is -0.121. The smallest absolute Gasteiger partial charge is 0.488 e. The van der Waals surface area contributed by atoms with Crippen molar-refractivity contribution in [2.45, 2.75) is 32.9 Å². The van der Waals surface area contributed by atoms with Crippen molar-refractivity contribution >= 4 is 41.7 Å². The molecule has 4 N–H and O–H groups in total. The average Bonchev–Trinajstić information content (AvgIpc) is 3.33. The molecule has 1 atom stereocenters. The molecular formula is C30H30BClN6O5. The van der Waals surface area contributed by atoms with Gasteiger partial charge in [-0.25, -0.2) is 0 Å². The molecule has 11 nitrogen and oxygen atoms in total. The topological polar surface area (TPSA) is 151 Å². The monoisotopic (exact) mass is 600 g/mol. The van der Waals surface area contributed by atoms with E-state index < -0.39 is 13.3 Å². The zero-order valence-corrected chi connectivity index (χ0v) is 24.4. The second kappa shape index (κ2) is 13.2. The van der Waals surface area contributed by atoms with E-state index in [1.54, 1.807) is 19.1 Å². The molecule has 0 aliphatic carbocycles. The van der Waals surface area contributed by atoms with Crippen LogP contribution in [0.4, 0.5) is 0 Å². The number of hydrogen-bond donors (Lipinski definition) is 4. The molecule has 0 fully saturated rings. The van der Waals surface area contributed by atoms with Gasteiger partial charge in [-0.2, -0.15) is 0 Å². The number of carbonyl (C=O) groups excluding carboxylic acids is 2. The molecule has 1 aliphatic rings. The van der Waals surface area contributed by atoms with Crippen LogP contribution in [-0.4, -0.2) is 62.6 Å². The highest BCUT2D eigenvalue weighted by atomic mass is 35.5. The fourth-order valence-electron chi connectivity index (χ4n) is 4.66. The number of carbonyl (C=O) groups is 2. The van der Waals surface area contributed by atoms with Crippen LogP contribution in [0.25, 0.3) is 5.69 Å². The predicted octanol–water partition coefficient (Wildman–Crippen LogP) is 2.48. The lowest BCUT2D eigenvalue weighted by Crippen LogP contribution is -2.30. The fraction of sp³-hybridized carbons (Fsp3) is 0.233. The molecule has 0 spiro atoms. The van der Waals surface area contributed by atoms with Gasteiger partial charge in [0.1, 0.15) is 11.6 Å². The Bertz CT molecular complexity index is 1660. The van der Waals surface area contributed by atoms with Gasteiger partial charge in [-0.05, 0) is 61.3 Å². The van der Waals surface area contributed by atoms with E-state index in [1.165, 1.54) is 24.3 Å². The van der Waals surface area contributed by atoms with Gasteiger partial charge < -0.3 is 25.4 Å². The van der Waals surface area contributed by atoms with Crippen molar-refractivity contribution in [3.8, 4) is 11.4 Å². The molecule has 4 aromatic rings. The molecule has 220 valence electrons. The van der Waals surface area contributed by atoms with Gasteiger partial charge in [-0.1, -0.05) is 42.8 Å². The first-order valence-corrected chi connectivity index (χ1v) is 14.2. The van der Waals surface area contributed by atoms with E-state index in [1.807, 2.05) is 41.8 Å². The Morgan fingerprint density at radius 2 is 1.79 bits per heavy atom. The van der Waals surface area contributed by atoms with E-state index in [4.69, 9.17) is 21.3 Å². The molecule has 1 aliphatic heterocycles. The normalized spacial score (nSPS) is 13.7. The Hall–Kier alpha value is -4.52. The van der Waals surface area contributed by atoms with E-state index in [9.17, 15) is 19.6 Å². The Balaban J connectivity index is 1.35. The predicted molar refractivity (Wildman–Crippen MR) is 163 cm³/mol. The highest BCUT2D eigenvalue weighted by Gasteiger charge is 2.29. The van der Waals surface area contributed by atoms with Gasteiger partial charge in [0.25, 0.3) is 5.91 Å². The molecule has 0 saturated heterocycles. The molecular weight excluding hydrogens is 571 g/mol. The van der Waals surface area contributed by atoms with E-state index in [-0.39, 0.29) is 11.8 Å². The van der Waals surface area contributed by atoms with E-state index >= 15 is 0 Å². The lowest BCUT2D eigenvalue weighted by Gasteiger charge is -2.15. The van der Waals surface area contributed by atoms with Crippen LogP contribution in [0, 0.1) is 6.92 Å². The summed E-state index contributed by atoms with van der Waals surface area (Å²) in [4.78, 5) is 29.8. The second-order valence-electron chi connectivity index (χ2n) is 9.88. The van der Waals surface area contributed by atoms with Crippen molar-refractivity contribution in [3.63, 3.8) is 0 Å². The van der Waals surface area contributed by atoms with Gasteiger partial charge in [0.15, 0.2) is 12.0 Å². The summed E-state index contributed by atoms with van der Waals surface area (Å²) in [7, 11) is -1.58. The first-order chi connectivity index (χ1) is 20.7. The maximum absolute atomic E-state index is 12.4. The SMILES string of the molecule is CCC(=O)N[C@@H]1N=C(c2ccc(Cl)cc2)c2cc(OCCCNC(=O)c3ccc(B(O)O)cc3)ccc2-n2c(C)nnc21. The highest BCUT2D eigenvalue weighted by Crippen LogP contribution is 2.32. The summed E-state index contributed by atoms with van der Waals surface area (Å²) in [5.41, 5.74) is 3.73. The van der Waals surface area contributed by atoms with Crippen LogP contribution in [0.5, 0.6) is 5.75 Å². The van der Waals surface area contributed by atoms with Crippen LogP contribution in [0.1, 0.15) is 59.1 Å². The van der Waals surface area contributed by atoms with Crippen LogP contribution >= 0.6 is 11.6 Å². The van der Waals surface area contributed by atoms with Gasteiger partial charge in [-0.15, -0.1) is 10.2 Å². The first kappa shape index (κ1) is 30.0. The number of fused-ring (bicyclic) bond motifs is 3. The Labute approximate surface area is 253 Å². The largest absolute Gasteiger partial charge is 0.494 e. The maximum Gasteiger partial charge on any atom is 0.488 e. The quantitative estimate of drug-likeness (QED) is 0.161. The van der Waals surface area contributed by atoms with Crippen LogP contribution in [0.3, 0.4) is 0 Å². The van der Waals surface area contributed by atoms with Crippen molar-refractivity contribution in [3.05, 3.63) is 100 Å². The fourth-order valence-corrected chi connectivity index (χ4v) is 4.79. The first-order valence-electron chi connectivity index (χ1n) is 13.8. The van der Waals surface area contributed by atoms with Crippen molar-refractivity contribution in [2.75, 3.05) is 13.2 Å². The summed E-state index contributed by atoms with van der Waals surface area (Å²) in [5.74, 6) is 1.31. The standard InChI is InChI=1S/C30H30BClN6O5/c1-3-26(39)34-28-29-37-36-18(2)38(29)25-14-13-23(17-24(25)27(35-28)19-7-11-22(32)12-8-19)43-16-4-15-33-30(40)20-5-9-21(10-6-20)31(41)42/h5-14,17,28,41-42H,3-4,15-16H2,1-2H3,(H,33,40)(H,34,39)/t28-/m1/s1. The summed E-state index contributed by atoms with van der Waals surface area (Å²) in [6.07, 6.45) is 0.0828. The number of ether oxygens (including phenoxy) is 1. The molecule has 13 heteroatoms. The summed E-state index contributed by atoms with van der Waals surface area (Å²) >= 11 is 6.17. The van der Waals surface area contributed by atoms with Crippen LogP contribution in [0.2, 0.25) is 5.02 Å². The van der Waals surface area contributed by atoms with E-state index in [2.05, 4.69) is 20.8 Å². The number of nitrogens with one attached hydrogen (secondary N) is 2. The molecule has 1 aromatic heterocycles. The number of amides is 2. The Kier molecular flexibility index (Phi) is 9.20. The average molecular weight is 601 g/mol. The van der Waals surface area contributed by atoms with Crippen molar-refractivity contribution < 1.29 is 24.4 Å². The Morgan fingerprint density at radius 3 is 2.49 bits per heavy atom. The Morgan fingerprint density at radius 1 is 1.05 bits per heavy atom. The van der Waals surface area contributed by atoms with Gasteiger partial charge in [-0.3, -0.25) is 19.1 Å². The lowest BCUT2D eigenvalue weighted by atomic mass is 9.80. The van der Waals surface area contributed by atoms with Gasteiger partial charge in [0.05, 0.1) is 18.0 Å². The molecule has 0 radical (unpaired) electrons. The molecule has 5 rings (SSSR count). The van der Waals surface area contributed by atoms with Crippen molar-refractivity contribution in [2.24, 2.45) is 4.99 Å². The van der Waals surface area contributed by atoms with Crippen molar-refractivity contribution in [1.29, 1.82) is 0 Å². The summed E-state index contributed by atoms with van der Waals surface area (Å²) in [6.45, 7) is 4.34. The summed E-state index contributed by atoms with van der Waals surface area (Å²) in [5, 5.41) is 33.4. The number of nitrogens with zero attached hydrogens (tertiary/aromatic N) is 4. The van der Waals surface area contributed by atoms with E-state index in [0.717, 1.165) is 16.8 Å². The third kappa shape index (κ3) is 6.77.